The topological polar surface area (TPSA) is 60.9 Å². The third-order valence-electron chi connectivity index (χ3n) is 4.95. The van der Waals surface area contributed by atoms with E-state index in [1.165, 1.54) is 17.3 Å². The molecule has 0 radical (unpaired) electrons. The maximum atomic E-state index is 12.7. The van der Waals surface area contributed by atoms with Crippen molar-refractivity contribution >= 4 is 17.5 Å². The average molecular weight is 398 g/mol. The van der Waals surface area contributed by atoms with Crippen LogP contribution < -0.4 is 0 Å². The molecular weight excluding hydrogens is 370 g/mol. The van der Waals surface area contributed by atoms with Crippen LogP contribution in [0.5, 0.6) is 0 Å². The number of nitrogens with zero attached hydrogens (tertiary/aromatic N) is 3. The van der Waals surface area contributed by atoms with Crippen LogP contribution in [0.15, 0.2) is 46.0 Å². The van der Waals surface area contributed by atoms with Crippen molar-refractivity contribution in [3.8, 4) is 0 Å². The van der Waals surface area contributed by atoms with Gasteiger partial charge in [0.15, 0.2) is 5.78 Å². The van der Waals surface area contributed by atoms with Crippen LogP contribution in [0, 0.1) is 13.8 Å². The van der Waals surface area contributed by atoms with Crippen molar-refractivity contribution in [1.82, 2.24) is 14.8 Å². The minimum Gasteiger partial charge on any atom is -0.416 e. The molecule has 0 N–H and O–H groups in total. The minimum absolute atomic E-state index is 0.0952. The Morgan fingerprint density at radius 2 is 1.96 bits per heavy atom. The molecule has 0 spiro atoms. The monoisotopic (exact) mass is 397 g/mol. The number of hydrogen-bond donors (Lipinski definition) is 0. The second kappa shape index (κ2) is 9.24. The standard InChI is InChI=1S/C22H27N3O2S/c1-5-11-25-16(3)13-19(17(25)4)20(26)14-28-22-24-23-21(27-22)12-15(2)18-9-7-6-8-10-18/h6-10,13,15H,5,11-12,14H2,1-4H3. The number of carbonyl (C=O) groups excluding carboxylic acids is 1. The maximum absolute atomic E-state index is 12.7. The van der Waals surface area contributed by atoms with Crippen molar-refractivity contribution in [2.24, 2.45) is 0 Å². The van der Waals surface area contributed by atoms with Crippen LogP contribution >= 0.6 is 11.8 Å². The van der Waals surface area contributed by atoms with E-state index in [1.807, 2.05) is 38.1 Å². The molecule has 1 atom stereocenters. The third-order valence-corrected chi connectivity index (χ3v) is 5.76. The molecule has 0 saturated heterocycles. The largest absolute Gasteiger partial charge is 0.416 e. The summed E-state index contributed by atoms with van der Waals surface area (Å²) in [5, 5.41) is 8.68. The molecule has 0 aliphatic heterocycles. The van der Waals surface area contributed by atoms with Crippen molar-refractivity contribution in [2.45, 2.75) is 58.2 Å². The fourth-order valence-corrected chi connectivity index (χ4v) is 4.06. The van der Waals surface area contributed by atoms with Gasteiger partial charge in [0.2, 0.25) is 5.89 Å². The number of rotatable bonds is 9. The number of carbonyl (C=O) groups is 1. The smallest absolute Gasteiger partial charge is 0.277 e. The SMILES string of the molecule is CCCn1c(C)cc(C(=O)CSc2nnc(CC(C)c3ccccc3)o2)c1C. The number of aryl methyl sites for hydroxylation is 1. The van der Waals surface area contributed by atoms with E-state index < -0.39 is 0 Å². The molecule has 148 valence electrons. The first kappa shape index (κ1) is 20.4. The lowest BCUT2D eigenvalue weighted by Gasteiger charge is -2.08. The van der Waals surface area contributed by atoms with Gasteiger partial charge in [-0.1, -0.05) is 55.9 Å². The Kier molecular flexibility index (Phi) is 6.73. The lowest BCUT2D eigenvalue weighted by molar-refractivity contribution is 0.102. The van der Waals surface area contributed by atoms with E-state index in [4.69, 9.17) is 4.42 Å². The molecule has 1 aromatic carbocycles. The average Bonchev–Trinajstić information content (AvgIpc) is 3.26. The first-order valence-electron chi connectivity index (χ1n) is 9.69. The normalized spacial score (nSPS) is 12.3. The van der Waals surface area contributed by atoms with Gasteiger partial charge in [-0.15, -0.1) is 10.2 Å². The Balaban J connectivity index is 1.58. The van der Waals surface area contributed by atoms with Crippen molar-refractivity contribution < 1.29 is 9.21 Å². The number of benzene rings is 1. The van der Waals surface area contributed by atoms with E-state index in [9.17, 15) is 4.79 Å². The van der Waals surface area contributed by atoms with Gasteiger partial charge in [-0.25, -0.2) is 0 Å². The predicted molar refractivity (Wildman–Crippen MR) is 112 cm³/mol. The fourth-order valence-electron chi connectivity index (χ4n) is 3.40. The fraction of sp³-hybridized carbons (Fsp3) is 0.409. The van der Waals surface area contributed by atoms with Crippen LogP contribution in [0.3, 0.4) is 0 Å². The highest BCUT2D eigenvalue weighted by Crippen LogP contribution is 2.24. The van der Waals surface area contributed by atoms with Gasteiger partial charge in [0.1, 0.15) is 0 Å². The van der Waals surface area contributed by atoms with Gasteiger partial charge in [0.05, 0.1) is 5.75 Å². The van der Waals surface area contributed by atoms with E-state index >= 15 is 0 Å². The molecule has 0 saturated carbocycles. The van der Waals surface area contributed by atoms with Gasteiger partial charge in [-0.2, -0.15) is 0 Å². The molecule has 1 unspecified atom stereocenters. The Bertz CT molecular complexity index is 931. The van der Waals surface area contributed by atoms with Crippen LogP contribution in [0.2, 0.25) is 0 Å². The van der Waals surface area contributed by atoms with Crippen molar-refractivity contribution in [2.75, 3.05) is 5.75 Å². The highest BCUT2D eigenvalue weighted by Gasteiger charge is 2.18. The molecule has 5 nitrogen and oxygen atoms in total. The molecule has 3 aromatic rings. The molecule has 3 rings (SSSR count). The Morgan fingerprint density at radius 1 is 1.21 bits per heavy atom. The number of Topliss-reactive ketones (excluding diaryl/α,β-unsaturated/α-hetero) is 1. The summed E-state index contributed by atoms with van der Waals surface area (Å²) in [7, 11) is 0. The highest BCUT2D eigenvalue weighted by atomic mass is 32.2. The molecule has 2 aromatic heterocycles. The molecule has 0 bridgehead atoms. The van der Waals surface area contributed by atoms with E-state index in [2.05, 4.69) is 40.7 Å². The lowest BCUT2D eigenvalue weighted by atomic mass is 9.98. The molecule has 0 aliphatic carbocycles. The van der Waals surface area contributed by atoms with Gasteiger partial charge in [-0.05, 0) is 37.8 Å². The first-order chi connectivity index (χ1) is 13.5. The summed E-state index contributed by atoms with van der Waals surface area (Å²) in [5.74, 6) is 1.29. The second-order valence-electron chi connectivity index (χ2n) is 7.13. The number of aromatic nitrogens is 3. The number of ketones is 1. The number of thioether (sulfide) groups is 1. The van der Waals surface area contributed by atoms with Gasteiger partial charge in [0, 0.05) is 29.9 Å². The summed E-state index contributed by atoms with van der Waals surface area (Å²) in [4.78, 5) is 12.7. The lowest BCUT2D eigenvalue weighted by Crippen LogP contribution is -2.06. The van der Waals surface area contributed by atoms with Gasteiger partial charge in [0.25, 0.3) is 5.22 Å². The quantitative estimate of drug-likeness (QED) is 0.366. The van der Waals surface area contributed by atoms with Gasteiger partial charge < -0.3 is 8.98 Å². The van der Waals surface area contributed by atoms with Gasteiger partial charge >= 0.3 is 0 Å². The van der Waals surface area contributed by atoms with Crippen LogP contribution in [0.1, 0.15) is 59.4 Å². The second-order valence-corrected chi connectivity index (χ2v) is 8.05. The van der Waals surface area contributed by atoms with Crippen LogP contribution in [0.25, 0.3) is 0 Å². The number of hydrogen-bond acceptors (Lipinski definition) is 5. The Hall–Kier alpha value is -2.34. The van der Waals surface area contributed by atoms with Crippen LogP contribution in [0.4, 0.5) is 0 Å². The molecule has 6 heteroatoms. The summed E-state index contributed by atoms with van der Waals surface area (Å²) >= 11 is 1.31. The summed E-state index contributed by atoms with van der Waals surface area (Å²) in [5.41, 5.74) is 4.19. The zero-order valence-corrected chi connectivity index (χ0v) is 17.8. The van der Waals surface area contributed by atoms with E-state index in [1.54, 1.807) is 0 Å². The van der Waals surface area contributed by atoms with E-state index in [-0.39, 0.29) is 5.78 Å². The molecule has 2 heterocycles. The molecule has 0 fully saturated rings. The zero-order valence-electron chi connectivity index (χ0n) is 16.9. The van der Waals surface area contributed by atoms with Crippen LogP contribution in [-0.4, -0.2) is 26.3 Å². The summed E-state index contributed by atoms with van der Waals surface area (Å²) < 4.78 is 7.95. The van der Waals surface area contributed by atoms with Gasteiger partial charge in [-0.3, -0.25) is 4.79 Å². The zero-order chi connectivity index (χ0) is 20.1. The Labute approximate surface area is 170 Å². The van der Waals surface area contributed by atoms with E-state index in [0.29, 0.717) is 29.2 Å². The summed E-state index contributed by atoms with van der Waals surface area (Å²) in [6, 6.07) is 12.3. The highest BCUT2D eigenvalue weighted by molar-refractivity contribution is 7.99. The first-order valence-corrected chi connectivity index (χ1v) is 10.7. The predicted octanol–water partition coefficient (Wildman–Crippen LogP) is 5.22. The summed E-state index contributed by atoms with van der Waals surface area (Å²) in [6.07, 6.45) is 1.73. The van der Waals surface area contributed by atoms with Crippen molar-refractivity contribution in [3.05, 3.63) is 64.8 Å². The summed E-state index contributed by atoms with van der Waals surface area (Å²) in [6.45, 7) is 9.27. The molecule has 28 heavy (non-hydrogen) atoms. The molecular formula is C22H27N3O2S. The van der Waals surface area contributed by atoms with Crippen molar-refractivity contribution in [1.29, 1.82) is 0 Å². The Morgan fingerprint density at radius 3 is 2.68 bits per heavy atom. The molecule has 0 aliphatic rings. The maximum Gasteiger partial charge on any atom is 0.277 e. The van der Waals surface area contributed by atoms with Crippen molar-refractivity contribution in [3.63, 3.8) is 0 Å². The van der Waals surface area contributed by atoms with Crippen LogP contribution in [-0.2, 0) is 13.0 Å². The third kappa shape index (κ3) is 4.73. The molecule has 0 amide bonds. The minimum atomic E-state index is 0.0952. The van der Waals surface area contributed by atoms with E-state index in [0.717, 1.165) is 29.9 Å².